The molecule has 0 saturated carbocycles. The Morgan fingerprint density at radius 2 is 1.77 bits per heavy atom. The summed E-state index contributed by atoms with van der Waals surface area (Å²) in [6.45, 7) is 3.68. The van der Waals surface area contributed by atoms with Gasteiger partial charge in [0.05, 0.1) is 6.26 Å². The van der Waals surface area contributed by atoms with Crippen LogP contribution in [0.15, 0.2) is 48.7 Å². The highest BCUT2D eigenvalue weighted by Gasteiger charge is 2.14. The molecule has 1 aromatic heterocycles. The van der Waals surface area contributed by atoms with Crippen LogP contribution in [0.1, 0.15) is 21.5 Å². The minimum absolute atomic E-state index is 0.235. The highest BCUT2D eigenvalue weighted by Crippen LogP contribution is 2.34. The second-order valence-corrected chi connectivity index (χ2v) is 9.35. The van der Waals surface area contributed by atoms with Gasteiger partial charge in [-0.3, -0.25) is 4.79 Å². The third-order valence-electron chi connectivity index (χ3n) is 4.23. The Labute approximate surface area is 184 Å². The Kier molecular flexibility index (Phi) is 6.36. The van der Waals surface area contributed by atoms with Crippen molar-refractivity contribution in [2.24, 2.45) is 0 Å². The molecule has 6 nitrogen and oxygen atoms in total. The van der Waals surface area contributed by atoms with Gasteiger partial charge in [0.2, 0.25) is 15.9 Å². The molecule has 30 heavy (non-hydrogen) atoms. The maximum absolute atomic E-state index is 12.0. The fraction of sp³-hybridized carbons (Fsp3) is 0.143. The lowest BCUT2D eigenvalue weighted by molar-refractivity contribution is 0.0981. The molecule has 2 aromatic carbocycles. The Hall–Kier alpha value is -2.61. The van der Waals surface area contributed by atoms with Gasteiger partial charge < -0.3 is 4.74 Å². The van der Waals surface area contributed by atoms with Crippen molar-refractivity contribution in [2.45, 2.75) is 13.8 Å². The van der Waals surface area contributed by atoms with Crippen LogP contribution in [-0.4, -0.2) is 25.6 Å². The summed E-state index contributed by atoms with van der Waals surface area (Å²) in [5, 5.41) is 0.929. The average Bonchev–Trinajstić information content (AvgIpc) is 2.64. The van der Waals surface area contributed by atoms with Gasteiger partial charge in [-0.15, -0.1) is 0 Å². The van der Waals surface area contributed by atoms with Crippen molar-refractivity contribution in [3.05, 3.63) is 75.4 Å². The number of hydrogen-bond donors (Lipinski definition) is 1. The molecule has 1 amide bonds. The van der Waals surface area contributed by atoms with Crippen LogP contribution in [0.2, 0.25) is 10.0 Å². The molecule has 0 spiro atoms. The number of benzene rings is 2. The average molecular weight is 465 g/mol. The molecular weight excluding hydrogens is 447 g/mol. The molecule has 156 valence electrons. The number of sulfonamides is 1. The Bertz CT molecular complexity index is 1240. The molecule has 3 aromatic rings. The van der Waals surface area contributed by atoms with Gasteiger partial charge in [0, 0.05) is 22.3 Å². The van der Waals surface area contributed by atoms with Crippen LogP contribution in [0.3, 0.4) is 0 Å². The molecule has 9 heteroatoms. The first kappa shape index (κ1) is 22.1. The van der Waals surface area contributed by atoms with Crippen LogP contribution in [0.5, 0.6) is 11.6 Å². The molecule has 3 rings (SSSR count). The van der Waals surface area contributed by atoms with Gasteiger partial charge in [0.1, 0.15) is 10.8 Å². The first-order chi connectivity index (χ1) is 14.0. The molecule has 0 aliphatic carbocycles. The van der Waals surface area contributed by atoms with E-state index in [1.807, 2.05) is 18.6 Å². The summed E-state index contributed by atoms with van der Waals surface area (Å²) in [6, 6.07) is 11.8. The van der Waals surface area contributed by atoms with Gasteiger partial charge in [-0.25, -0.2) is 18.1 Å². The number of carbonyl (C=O) groups is 1. The summed E-state index contributed by atoms with van der Waals surface area (Å²) in [5.41, 5.74) is 3.38. The molecule has 1 N–H and O–H groups in total. The van der Waals surface area contributed by atoms with Crippen molar-refractivity contribution < 1.29 is 17.9 Å². The van der Waals surface area contributed by atoms with E-state index in [0.29, 0.717) is 15.8 Å². The first-order valence-electron chi connectivity index (χ1n) is 8.76. The minimum atomic E-state index is -3.64. The number of aromatic nitrogens is 1. The van der Waals surface area contributed by atoms with E-state index >= 15 is 0 Å². The van der Waals surface area contributed by atoms with Crippen LogP contribution in [0, 0.1) is 13.8 Å². The number of halogens is 2. The summed E-state index contributed by atoms with van der Waals surface area (Å²) in [6.07, 6.45) is 2.54. The smallest absolute Gasteiger partial charge is 0.264 e. The van der Waals surface area contributed by atoms with E-state index in [4.69, 9.17) is 27.9 Å². The molecule has 0 bridgehead atoms. The summed E-state index contributed by atoms with van der Waals surface area (Å²) in [5.74, 6) is 0.164. The molecule has 0 fully saturated rings. The topological polar surface area (TPSA) is 85.4 Å². The number of carbonyl (C=O) groups excluding carboxylic acids is 1. The van der Waals surface area contributed by atoms with Gasteiger partial charge in [0.15, 0.2) is 0 Å². The molecule has 0 saturated heterocycles. The third kappa shape index (κ3) is 5.30. The third-order valence-corrected chi connectivity index (χ3v) is 5.29. The molecular formula is C21H18Cl2N2O4S. The number of aryl methyl sites for hydroxylation is 2. The molecule has 0 aliphatic rings. The van der Waals surface area contributed by atoms with E-state index in [1.165, 1.54) is 6.07 Å². The van der Waals surface area contributed by atoms with Gasteiger partial charge in [-0.1, -0.05) is 29.3 Å². The minimum Gasteiger partial charge on any atom is -0.437 e. The van der Waals surface area contributed by atoms with Gasteiger partial charge >= 0.3 is 0 Å². The van der Waals surface area contributed by atoms with E-state index in [0.717, 1.165) is 28.5 Å². The van der Waals surface area contributed by atoms with E-state index in [-0.39, 0.29) is 11.4 Å². The number of nitrogens with one attached hydrogen (secondary N) is 1. The zero-order valence-electron chi connectivity index (χ0n) is 16.4. The standard InChI is InChI=1S/C21H18Cl2N2O4S/c1-12-8-14(20(26)25-30(3,27)28)4-6-17(12)15-10-18(23)21(24-11-15)29-19-7-5-16(22)9-13(19)2/h4-11H,1-3H3,(H,25,26). The predicted octanol–water partition coefficient (Wildman–Crippen LogP) is 5.15. The molecule has 0 radical (unpaired) electrons. The Balaban J connectivity index is 1.86. The highest BCUT2D eigenvalue weighted by atomic mass is 35.5. The molecule has 0 unspecified atom stereocenters. The lowest BCUT2D eigenvalue weighted by atomic mass is 9.99. The largest absolute Gasteiger partial charge is 0.437 e. The lowest BCUT2D eigenvalue weighted by Gasteiger charge is -2.12. The van der Waals surface area contributed by atoms with Crippen LogP contribution < -0.4 is 9.46 Å². The fourth-order valence-corrected chi connectivity index (χ4v) is 3.72. The maximum atomic E-state index is 12.0. The van der Waals surface area contributed by atoms with Gasteiger partial charge in [0.25, 0.3) is 5.91 Å². The lowest BCUT2D eigenvalue weighted by Crippen LogP contribution is -2.29. The van der Waals surface area contributed by atoms with Crippen LogP contribution >= 0.6 is 23.2 Å². The number of ether oxygens (including phenoxy) is 1. The molecule has 1 heterocycles. The van der Waals surface area contributed by atoms with E-state index in [2.05, 4.69) is 4.98 Å². The van der Waals surface area contributed by atoms with Crippen molar-refractivity contribution >= 4 is 39.1 Å². The maximum Gasteiger partial charge on any atom is 0.264 e. The Morgan fingerprint density at radius 3 is 2.37 bits per heavy atom. The van der Waals surface area contributed by atoms with Gasteiger partial charge in [-0.05, 0) is 66.9 Å². The van der Waals surface area contributed by atoms with Crippen LogP contribution in [0.25, 0.3) is 11.1 Å². The molecule has 0 atom stereocenters. The van der Waals surface area contributed by atoms with Crippen molar-refractivity contribution in [3.8, 4) is 22.8 Å². The van der Waals surface area contributed by atoms with E-state index in [1.54, 1.807) is 42.6 Å². The van der Waals surface area contributed by atoms with E-state index < -0.39 is 15.9 Å². The monoisotopic (exact) mass is 464 g/mol. The zero-order valence-corrected chi connectivity index (χ0v) is 18.7. The summed E-state index contributed by atoms with van der Waals surface area (Å²) >= 11 is 12.3. The number of hydrogen-bond acceptors (Lipinski definition) is 5. The summed E-state index contributed by atoms with van der Waals surface area (Å²) in [7, 11) is -3.64. The van der Waals surface area contributed by atoms with Crippen molar-refractivity contribution in [1.29, 1.82) is 0 Å². The van der Waals surface area contributed by atoms with Crippen molar-refractivity contribution in [2.75, 3.05) is 6.26 Å². The van der Waals surface area contributed by atoms with E-state index in [9.17, 15) is 13.2 Å². The van der Waals surface area contributed by atoms with Crippen LogP contribution in [-0.2, 0) is 10.0 Å². The Morgan fingerprint density at radius 1 is 1.03 bits per heavy atom. The summed E-state index contributed by atoms with van der Waals surface area (Å²) in [4.78, 5) is 16.3. The summed E-state index contributed by atoms with van der Waals surface area (Å²) < 4.78 is 30.3. The highest BCUT2D eigenvalue weighted by molar-refractivity contribution is 7.89. The first-order valence-corrected chi connectivity index (χ1v) is 11.4. The zero-order chi connectivity index (χ0) is 22.1. The second kappa shape index (κ2) is 8.63. The van der Waals surface area contributed by atoms with Crippen LogP contribution in [0.4, 0.5) is 0 Å². The van der Waals surface area contributed by atoms with Crippen molar-refractivity contribution in [3.63, 3.8) is 0 Å². The number of rotatable bonds is 5. The van der Waals surface area contributed by atoms with Gasteiger partial charge in [-0.2, -0.15) is 0 Å². The normalized spacial score (nSPS) is 11.2. The second-order valence-electron chi connectivity index (χ2n) is 6.76. The SMILES string of the molecule is Cc1cc(Cl)ccc1Oc1ncc(-c2ccc(C(=O)NS(C)(=O)=O)cc2C)cc1Cl. The number of pyridine rings is 1. The fourth-order valence-electron chi connectivity index (χ4n) is 2.84. The van der Waals surface area contributed by atoms with Crippen molar-refractivity contribution in [1.82, 2.24) is 9.71 Å². The quantitative estimate of drug-likeness (QED) is 0.563. The number of amides is 1. The number of nitrogens with zero attached hydrogens (tertiary/aromatic N) is 1. The predicted molar refractivity (Wildman–Crippen MR) is 118 cm³/mol. The molecule has 0 aliphatic heterocycles.